The third-order valence-electron chi connectivity index (χ3n) is 2.43. The molecule has 0 fully saturated rings. The molecule has 0 unspecified atom stereocenters. The summed E-state index contributed by atoms with van der Waals surface area (Å²) in [6, 6.07) is 3.55. The Hall–Kier alpha value is -1.82. The van der Waals surface area contributed by atoms with E-state index in [0.717, 1.165) is 6.42 Å². The highest BCUT2D eigenvalue weighted by Gasteiger charge is 2.12. The van der Waals surface area contributed by atoms with Gasteiger partial charge in [-0.25, -0.2) is 9.18 Å². The van der Waals surface area contributed by atoms with Gasteiger partial charge in [0, 0.05) is 19.7 Å². The third kappa shape index (κ3) is 4.75. The van der Waals surface area contributed by atoms with E-state index in [1.165, 1.54) is 23.1 Å². The van der Waals surface area contributed by atoms with Crippen molar-refractivity contribution in [1.29, 1.82) is 0 Å². The van der Waals surface area contributed by atoms with E-state index in [1.54, 1.807) is 7.05 Å². The van der Waals surface area contributed by atoms with E-state index in [1.807, 2.05) is 6.92 Å². The van der Waals surface area contributed by atoms with Gasteiger partial charge in [0.1, 0.15) is 11.6 Å². The zero-order chi connectivity index (χ0) is 14.3. The Labute approximate surface area is 112 Å². The van der Waals surface area contributed by atoms with Crippen molar-refractivity contribution in [3.05, 3.63) is 24.0 Å². The first-order valence-corrected chi connectivity index (χ1v) is 6.13. The summed E-state index contributed by atoms with van der Waals surface area (Å²) in [5.41, 5.74) is 0.407. The summed E-state index contributed by atoms with van der Waals surface area (Å²) in [6.07, 6.45) is 0.786. The molecule has 2 N–H and O–H groups in total. The van der Waals surface area contributed by atoms with Gasteiger partial charge in [0.25, 0.3) is 0 Å². The van der Waals surface area contributed by atoms with Crippen LogP contribution in [0.15, 0.2) is 18.2 Å². The molecule has 1 rings (SSSR count). The molecule has 0 radical (unpaired) electrons. The number of anilines is 1. The number of hydrogen-bond acceptors (Lipinski definition) is 3. The maximum atomic E-state index is 13.2. The molecule has 0 saturated carbocycles. The lowest BCUT2D eigenvalue weighted by Crippen LogP contribution is -2.33. The fourth-order valence-corrected chi connectivity index (χ4v) is 1.39. The van der Waals surface area contributed by atoms with Crippen molar-refractivity contribution in [1.82, 2.24) is 4.90 Å². The second-order valence-corrected chi connectivity index (χ2v) is 4.06. The van der Waals surface area contributed by atoms with Crippen LogP contribution in [0.3, 0.4) is 0 Å². The van der Waals surface area contributed by atoms with Crippen molar-refractivity contribution in [2.24, 2.45) is 0 Å². The maximum absolute atomic E-state index is 13.2. The van der Waals surface area contributed by atoms with Gasteiger partial charge in [-0.15, -0.1) is 0 Å². The second-order valence-electron chi connectivity index (χ2n) is 4.06. The predicted molar refractivity (Wildman–Crippen MR) is 70.9 cm³/mol. The Kier molecular flexibility index (Phi) is 6.08. The van der Waals surface area contributed by atoms with Gasteiger partial charge in [-0.2, -0.15) is 0 Å². The number of aliphatic hydroxyl groups is 1. The minimum Gasteiger partial charge on any atom is -0.491 e. The Morgan fingerprint density at radius 3 is 2.89 bits per heavy atom. The van der Waals surface area contributed by atoms with Crippen molar-refractivity contribution in [3.63, 3.8) is 0 Å². The number of urea groups is 1. The average molecular weight is 270 g/mol. The number of likely N-dealkylation sites (N-methyl/N-ethyl adjacent to an activating group) is 1. The van der Waals surface area contributed by atoms with Crippen LogP contribution >= 0.6 is 0 Å². The number of amides is 2. The van der Waals surface area contributed by atoms with E-state index < -0.39 is 5.82 Å². The van der Waals surface area contributed by atoms with Gasteiger partial charge in [0.15, 0.2) is 0 Å². The van der Waals surface area contributed by atoms with Crippen LogP contribution in [0.2, 0.25) is 0 Å². The molecule has 1 aromatic carbocycles. The number of nitrogens with one attached hydrogen (secondary N) is 1. The normalized spacial score (nSPS) is 10.1. The lowest BCUT2D eigenvalue weighted by atomic mass is 10.3. The highest BCUT2D eigenvalue weighted by molar-refractivity contribution is 5.90. The van der Waals surface area contributed by atoms with Crippen LogP contribution in [0, 0.1) is 5.82 Å². The van der Waals surface area contributed by atoms with Crippen molar-refractivity contribution in [2.45, 2.75) is 13.3 Å². The molecule has 0 spiro atoms. The molecule has 19 heavy (non-hydrogen) atoms. The van der Waals surface area contributed by atoms with Gasteiger partial charge in [0.2, 0.25) is 0 Å². The summed E-state index contributed by atoms with van der Waals surface area (Å²) in [5, 5.41) is 11.4. The summed E-state index contributed by atoms with van der Waals surface area (Å²) in [5.74, 6) is -0.125. The topological polar surface area (TPSA) is 61.8 Å². The molecular weight excluding hydrogens is 251 g/mol. The van der Waals surface area contributed by atoms with Gasteiger partial charge in [-0.1, -0.05) is 6.92 Å². The smallest absolute Gasteiger partial charge is 0.321 e. The van der Waals surface area contributed by atoms with E-state index in [4.69, 9.17) is 9.84 Å². The molecule has 0 bridgehead atoms. The summed E-state index contributed by atoms with van der Waals surface area (Å²) in [7, 11) is 1.56. The Bertz CT molecular complexity index is 426. The molecule has 0 aliphatic rings. The van der Waals surface area contributed by atoms with E-state index in [-0.39, 0.29) is 19.2 Å². The first-order valence-electron chi connectivity index (χ1n) is 6.13. The van der Waals surface area contributed by atoms with Crippen LogP contribution < -0.4 is 10.1 Å². The minimum atomic E-state index is -0.423. The molecule has 1 aromatic rings. The zero-order valence-corrected chi connectivity index (χ0v) is 11.1. The zero-order valence-electron chi connectivity index (χ0n) is 11.1. The number of nitrogens with zero attached hydrogens (tertiary/aromatic N) is 1. The van der Waals surface area contributed by atoms with Crippen molar-refractivity contribution in [3.8, 4) is 5.75 Å². The van der Waals surface area contributed by atoms with Crippen molar-refractivity contribution < 1.29 is 19.0 Å². The predicted octanol–water partition coefficient (Wildman–Crippen LogP) is 2.07. The first kappa shape index (κ1) is 15.2. The fraction of sp³-hybridized carbons (Fsp3) is 0.462. The highest BCUT2D eigenvalue weighted by atomic mass is 19.1. The monoisotopic (exact) mass is 270 g/mol. The quantitative estimate of drug-likeness (QED) is 0.832. The SMILES string of the molecule is CCCOc1cc(F)ccc1NC(=O)N(C)CCO. The van der Waals surface area contributed by atoms with Crippen LogP contribution in [0.4, 0.5) is 14.9 Å². The molecule has 0 aliphatic heterocycles. The molecule has 6 heteroatoms. The van der Waals surface area contributed by atoms with Crippen LogP contribution in [-0.4, -0.2) is 42.8 Å². The van der Waals surface area contributed by atoms with Crippen molar-refractivity contribution in [2.75, 3.05) is 32.1 Å². The number of carbonyl (C=O) groups excluding carboxylic acids is 1. The lowest BCUT2D eigenvalue weighted by Gasteiger charge is -2.18. The fourth-order valence-electron chi connectivity index (χ4n) is 1.39. The van der Waals surface area contributed by atoms with Gasteiger partial charge >= 0.3 is 6.03 Å². The van der Waals surface area contributed by atoms with E-state index in [0.29, 0.717) is 18.0 Å². The number of benzene rings is 1. The van der Waals surface area contributed by atoms with E-state index in [2.05, 4.69) is 5.32 Å². The average Bonchev–Trinajstić information content (AvgIpc) is 2.39. The summed E-state index contributed by atoms with van der Waals surface area (Å²) in [4.78, 5) is 13.1. The molecule has 2 amide bonds. The summed E-state index contributed by atoms with van der Waals surface area (Å²) in [6.45, 7) is 2.48. The molecule has 0 saturated heterocycles. The lowest BCUT2D eigenvalue weighted by molar-refractivity contribution is 0.202. The molecule has 0 atom stereocenters. The molecular formula is C13H19FN2O3. The summed E-state index contributed by atoms with van der Waals surface area (Å²) >= 11 is 0. The Morgan fingerprint density at radius 1 is 1.53 bits per heavy atom. The molecule has 0 aliphatic carbocycles. The van der Waals surface area contributed by atoms with Gasteiger partial charge in [-0.3, -0.25) is 0 Å². The number of rotatable bonds is 6. The second kappa shape index (κ2) is 7.58. The maximum Gasteiger partial charge on any atom is 0.321 e. The van der Waals surface area contributed by atoms with Crippen LogP contribution in [-0.2, 0) is 0 Å². The van der Waals surface area contributed by atoms with Crippen LogP contribution in [0.5, 0.6) is 5.75 Å². The molecule has 0 heterocycles. The van der Waals surface area contributed by atoms with Crippen LogP contribution in [0.1, 0.15) is 13.3 Å². The number of aliphatic hydroxyl groups excluding tert-OH is 1. The molecule has 0 aromatic heterocycles. The third-order valence-corrected chi connectivity index (χ3v) is 2.43. The van der Waals surface area contributed by atoms with Crippen LogP contribution in [0.25, 0.3) is 0 Å². The number of halogens is 1. The summed E-state index contributed by atoms with van der Waals surface area (Å²) < 4.78 is 18.5. The number of carbonyl (C=O) groups is 1. The van der Waals surface area contributed by atoms with E-state index in [9.17, 15) is 9.18 Å². The van der Waals surface area contributed by atoms with E-state index >= 15 is 0 Å². The van der Waals surface area contributed by atoms with Gasteiger partial charge in [0.05, 0.1) is 18.9 Å². The minimum absolute atomic E-state index is 0.119. The van der Waals surface area contributed by atoms with Crippen molar-refractivity contribution >= 4 is 11.7 Å². The molecule has 5 nitrogen and oxygen atoms in total. The first-order chi connectivity index (χ1) is 9.08. The highest BCUT2D eigenvalue weighted by Crippen LogP contribution is 2.25. The standard InChI is InChI=1S/C13H19FN2O3/c1-3-8-19-12-9-10(14)4-5-11(12)15-13(18)16(2)6-7-17/h4-5,9,17H,3,6-8H2,1-2H3,(H,15,18). The van der Waals surface area contributed by atoms with Gasteiger partial charge < -0.3 is 20.1 Å². The Balaban J connectivity index is 2.78. The molecule has 106 valence electrons. The number of ether oxygens (including phenoxy) is 1. The van der Waals surface area contributed by atoms with Gasteiger partial charge in [-0.05, 0) is 18.6 Å². The largest absolute Gasteiger partial charge is 0.491 e. The Morgan fingerprint density at radius 2 is 2.26 bits per heavy atom. The number of hydrogen-bond donors (Lipinski definition) is 2.